The van der Waals surface area contributed by atoms with Crippen LogP contribution in [0.5, 0.6) is 11.5 Å². The smallest absolute Gasteiger partial charge is 0.314 e. The first-order valence-electron chi connectivity index (χ1n) is 8.95. The molecule has 1 aliphatic carbocycles. The first kappa shape index (κ1) is 20.3. The van der Waals surface area contributed by atoms with Gasteiger partial charge in [-0.2, -0.15) is 0 Å². The van der Waals surface area contributed by atoms with Crippen LogP contribution >= 0.6 is 0 Å². The van der Waals surface area contributed by atoms with E-state index in [-0.39, 0.29) is 18.5 Å². The predicted molar refractivity (Wildman–Crippen MR) is 98.8 cm³/mol. The molecule has 2 rings (SSSR count). The number of benzene rings is 1. The second-order valence-electron chi connectivity index (χ2n) is 6.56. The van der Waals surface area contributed by atoms with E-state index in [0.717, 1.165) is 23.7 Å². The molecule has 0 radical (unpaired) electrons. The zero-order valence-corrected chi connectivity index (χ0v) is 16.0. The van der Waals surface area contributed by atoms with E-state index in [9.17, 15) is 4.79 Å². The highest BCUT2D eigenvalue weighted by Crippen LogP contribution is 2.34. The highest BCUT2D eigenvalue weighted by atomic mass is 16.7. The van der Waals surface area contributed by atoms with Gasteiger partial charge in [0.05, 0.1) is 20.3 Å². The largest absolute Gasteiger partial charge is 0.493 e. The standard InChI is InChI=1S/C19H30N2O5/c1-13(10-20-19(22)21-11-18(24-3)25-4)15-7-8-16(23-2)17(9-15)26-12-14-5-6-14/h7-9,13-14,18H,5-6,10-12H2,1-4H3,(H2,20,21,22). The molecule has 1 atom stereocenters. The van der Waals surface area contributed by atoms with Gasteiger partial charge in [-0.1, -0.05) is 13.0 Å². The number of hydrogen-bond acceptors (Lipinski definition) is 5. The average molecular weight is 366 g/mol. The average Bonchev–Trinajstić information content (AvgIpc) is 3.49. The van der Waals surface area contributed by atoms with E-state index in [1.807, 2.05) is 18.2 Å². The minimum Gasteiger partial charge on any atom is -0.493 e. The maximum Gasteiger partial charge on any atom is 0.314 e. The number of rotatable bonds is 11. The lowest BCUT2D eigenvalue weighted by molar-refractivity contribution is -0.0971. The summed E-state index contributed by atoms with van der Waals surface area (Å²) in [5.41, 5.74) is 1.09. The topological polar surface area (TPSA) is 78.1 Å². The van der Waals surface area contributed by atoms with Crippen LogP contribution in [0.1, 0.15) is 31.2 Å². The van der Waals surface area contributed by atoms with Crippen molar-refractivity contribution >= 4 is 6.03 Å². The van der Waals surface area contributed by atoms with E-state index < -0.39 is 6.29 Å². The summed E-state index contributed by atoms with van der Waals surface area (Å²) in [4.78, 5) is 11.9. The van der Waals surface area contributed by atoms with E-state index in [4.69, 9.17) is 18.9 Å². The highest BCUT2D eigenvalue weighted by molar-refractivity contribution is 5.73. The molecule has 7 nitrogen and oxygen atoms in total. The fourth-order valence-electron chi connectivity index (χ4n) is 2.47. The molecule has 1 aromatic rings. The summed E-state index contributed by atoms with van der Waals surface area (Å²) in [6, 6.07) is 5.65. The van der Waals surface area contributed by atoms with Crippen molar-refractivity contribution < 1.29 is 23.7 Å². The number of carbonyl (C=O) groups is 1. The van der Waals surface area contributed by atoms with Crippen molar-refractivity contribution in [2.45, 2.75) is 32.0 Å². The first-order valence-corrected chi connectivity index (χ1v) is 8.95. The summed E-state index contributed by atoms with van der Waals surface area (Å²) >= 11 is 0. The second kappa shape index (κ2) is 10.2. The minimum absolute atomic E-state index is 0.135. The molecule has 1 saturated carbocycles. The van der Waals surface area contributed by atoms with E-state index in [2.05, 4.69) is 17.6 Å². The maximum atomic E-state index is 11.9. The Balaban J connectivity index is 1.84. The Bertz CT molecular complexity index is 573. The summed E-state index contributed by atoms with van der Waals surface area (Å²) in [7, 11) is 4.70. The first-order chi connectivity index (χ1) is 12.6. The lowest BCUT2D eigenvalue weighted by Crippen LogP contribution is -2.41. The van der Waals surface area contributed by atoms with Gasteiger partial charge < -0.3 is 29.6 Å². The maximum absolute atomic E-state index is 11.9. The molecular formula is C19H30N2O5. The van der Waals surface area contributed by atoms with Gasteiger partial charge in [-0.25, -0.2) is 4.79 Å². The van der Waals surface area contributed by atoms with E-state index in [1.54, 1.807) is 7.11 Å². The molecule has 146 valence electrons. The number of urea groups is 1. The minimum atomic E-state index is -0.453. The quantitative estimate of drug-likeness (QED) is 0.589. The molecule has 26 heavy (non-hydrogen) atoms. The molecule has 2 N–H and O–H groups in total. The van der Waals surface area contributed by atoms with Crippen molar-refractivity contribution in [1.29, 1.82) is 0 Å². The predicted octanol–water partition coefficient (Wildman–Crippen LogP) is 2.51. The van der Waals surface area contributed by atoms with Gasteiger partial charge in [0.2, 0.25) is 0 Å². The van der Waals surface area contributed by atoms with Crippen LogP contribution < -0.4 is 20.1 Å². The number of amides is 2. The lowest BCUT2D eigenvalue weighted by atomic mass is 10.0. The summed E-state index contributed by atoms with van der Waals surface area (Å²) in [6.07, 6.45) is 2.03. The van der Waals surface area contributed by atoms with Crippen LogP contribution in [0.2, 0.25) is 0 Å². The van der Waals surface area contributed by atoms with Gasteiger partial charge in [0.25, 0.3) is 0 Å². The fourth-order valence-corrected chi connectivity index (χ4v) is 2.47. The summed E-state index contributed by atoms with van der Waals surface area (Å²) in [6.45, 7) is 3.58. The third-order valence-corrected chi connectivity index (χ3v) is 4.45. The van der Waals surface area contributed by atoms with Gasteiger partial charge in [-0.3, -0.25) is 0 Å². The Hall–Kier alpha value is -1.99. The van der Waals surface area contributed by atoms with Crippen molar-refractivity contribution in [2.75, 3.05) is 41.0 Å². The lowest BCUT2D eigenvalue weighted by Gasteiger charge is -2.18. The van der Waals surface area contributed by atoms with Gasteiger partial charge in [-0.15, -0.1) is 0 Å². The van der Waals surface area contributed by atoms with Crippen molar-refractivity contribution in [3.05, 3.63) is 23.8 Å². The molecule has 1 unspecified atom stereocenters. The molecule has 0 heterocycles. The molecule has 0 bridgehead atoms. The van der Waals surface area contributed by atoms with Gasteiger partial charge in [-0.05, 0) is 42.4 Å². The van der Waals surface area contributed by atoms with Gasteiger partial charge in [0, 0.05) is 20.8 Å². The van der Waals surface area contributed by atoms with E-state index >= 15 is 0 Å². The van der Waals surface area contributed by atoms with Crippen molar-refractivity contribution in [1.82, 2.24) is 10.6 Å². The van der Waals surface area contributed by atoms with Gasteiger partial charge >= 0.3 is 6.03 Å². The number of methoxy groups -OCH3 is 3. The van der Waals surface area contributed by atoms with E-state index in [0.29, 0.717) is 12.5 Å². The molecule has 1 aromatic carbocycles. The number of nitrogens with one attached hydrogen (secondary N) is 2. The van der Waals surface area contributed by atoms with Crippen LogP contribution in [0.3, 0.4) is 0 Å². The van der Waals surface area contributed by atoms with Crippen molar-refractivity contribution in [3.63, 3.8) is 0 Å². The Labute approximate surface area is 155 Å². The zero-order chi connectivity index (χ0) is 18.9. The molecule has 2 amide bonds. The Morgan fingerprint density at radius 1 is 1.12 bits per heavy atom. The van der Waals surface area contributed by atoms with Gasteiger partial charge in [0.15, 0.2) is 17.8 Å². The molecule has 7 heteroatoms. The van der Waals surface area contributed by atoms with Crippen LogP contribution in [0.25, 0.3) is 0 Å². The fraction of sp³-hybridized carbons (Fsp3) is 0.632. The van der Waals surface area contributed by atoms with Crippen molar-refractivity contribution in [2.24, 2.45) is 5.92 Å². The number of hydrogen-bond donors (Lipinski definition) is 2. The highest BCUT2D eigenvalue weighted by Gasteiger charge is 2.23. The molecule has 1 aliphatic rings. The van der Waals surface area contributed by atoms with Gasteiger partial charge in [0.1, 0.15) is 0 Å². The molecule has 0 aromatic heterocycles. The summed E-state index contributed by atoms with van der Waals surface area (Å²) in [5, 5.41) is 5.58. The monoisotopic (exact) mass is 366 g/mol. The Morgan fingerprint density at radius 3 is 2.42 bits per heavy atom. The third-order valence-electron chi connectivity index (χ3n) is 4.45. The molecule has 1 fully saturated rings. The van der Waals surface area contributed by atoms with Crippen LogP contribution in [-0.2, 0) is 9.47 Å². The zero-order valence-electron chi connectivity index (χ0n) is 16.0. The summed E-state index contributed by atoms with van der Waals surface area (Å²) < 4.78 is 21.4. The SMILES string of the molecule is COc1ccc(C(C)CNC(=O)NCC(OC)OC)cc1OCC1CC1. The van der Waals surface area contributed by atoms with Crippen LogP contribution in [0.15, 0.2) is 18.2 Å². The molecule has 0 saturated heterocycles. The number of ether oxygens (including phenoxy) is 4. The summed E-state index contributed by atoms with van der Waals surface area (Å²) in [5.74, 6) is 2.30. The molecule has 0 spiro atoms. The normalized spacial score (nSPS) is 14.8. The van der Waals surface area contributed by atoms with Crippen LogP contribution in [0.4, 0.5) is 4.79 Å². The van der Waals surface area contributed by atoms with Crippen molar-refractivity contribution in [3.8, 4) is 11.5 Å². The van der Waals surface area contributed by atoms with Crippen LogP contribution in [-0.4, -0.2) is 53.3 Å². The van der Waals surface area contributed by atoms with E-state index in [1.165, 1.54) is 27.1 Å². The second-order valence-corrected chi connectivity index (χ2v) is 6.56. The Morgan fingerprint density at radius 2 is 1.81 bits per heavy atom. The number of carbonyl (C=O) groups excluding carboxylic acids is 1. The third kappa shape index (κ3) is 6.38. The Kier molecular flexibility index (Phi) is 8.00. The molecule has 0 aliphatic heterocycles. The van der Waals surface area contributed by atoms with Crippen LogP contribution in [0, 0.1) is 5.92 Å². The molecular weight excluding hydrogens is 336 g/mol.